The van der Waals surface area contributed by atoms with Gasteiger partial charge in [0.1, 0.15) is 5.52 Å². The fourth-order valence-corrected chi connectivity index (χ4v) is 5.40. The monoisotopic (exact) mass is 514 g/mol. The average Bonchev–Trinajstić information content (AvgIpc) is 3.49. The molecular weight excluding hydrogens is 496 g/mol. The molecule has 1 atom stereocenters. The summed E-state index contributed by atoms with van der Waals surface area (Å²) in [4.78, 5) is 9.93. The molecule has 35 heavy (non-hydrogen) atoms. The second kappa shape index (κ2) is 8.03. The molecule has 1 aromatic heterocycles. The summed E-state index contributed by atoms with van der Waals surface area (Å²) in [6, 6.07) is 33.2. The number of halogens is 1. The van der Waals surface area contributed by atoms with Gasteiger partial charge in [0.15, 0.2) is 5.58 Å². The Bertz CT molecular complexity index is 1800. The Morgan fingerprint density at radius 3 is 2.34 bits per heavy atom. The van der Waals surface area contributed by atoms with E-state index in [1.165, 1.54) is 11.1 Å². The van der Waals surface area contributed by atoms with Crippen molar-refractivity contribution in [1.29, 1.82) is 0 Å². The molecule has 0 N–H and O–H groups in total. The summed E-state index contributed by atoms with van der Waals surface area (Å²) in [6.45, 7) is 0. The van der Waals surface area contributed by atoms with E-state index in [1.807, 2.05) is 36.4 Å². The second-order valence-electron chi connectivity index (χ2n) is 8.77. The molecule has 2 heterocycles. The van der Waals surface area contributed by atoms with Crippen molar-refractivity contribution < 1.29 is 4.42 Å². The summed E-state index contributed by atoms with van der Waals surface area (Å²) in [5, 5.41) is 2.04. The van der Waals surface area contributed by atoms with Gasteiger partial charge >= 0.3 is 0 Å². The molecule has 0 bridgehead atoms. The van der Waals surface area contributed by atoms with Gasteiger partial charge in [-0.25, -0.2) is 9.98 Å². The minimum absolute atomic E-state index is 0.112. The number of fused-ring (bicyclic) bond motifs is 3. The maximum absolute atomic E-state index is 6.22. The van der Waals surface area contributed by atoms with Gasteiger partial charge in [-0.2, -0.15) is 0 Å². The third kappa shape index (κ3) is 3.41. The Kier molecular flexibility index (Phi) is 4.67. The molecular formula is C31H19BrN2O. The van der Waals surface area contributed by atoms with Crippen molar-refractivity contribution in [2.75, 3.05) is 0 Å². The Morgan fingerprint density at radius 1 is 0.771 bits per heavy atom. The zero-order chi connectivity index (χ0) is 23.4. The third-order valence-electron chi connectivity index (χ3n) is 6.62. The Hall–Kier alpha value is -4.02. The van der Waals surface area contributed by atoms with Crippen LogP contribution in [-0.2, 0) is 0 Å². The summed E-state index contributed by atoms with van der Waals surface area (Å²) in [6.07, 6.45) is 4.50. The van der Waals surface area contributed by atoms with Crippen molar-refractivity contribution in [2.45, 2.75) is 5.92 Å². The number of oxazole rings is 1. The normalized spacial score (nSPS) is 16.4. The molecule has 0 fully saturated rings. The summed E-state index contributed by atoms with van der Waals surface area (Å²) in [7, 11) is 0. The molecule has 4 aromatic carbocycles. The highest BCUT2D eigenvalue weighted by molar-refractivity contribution is 9.10. The van der Waals surface area contributed by atoms with Crippen molar-refractivity contribution >= 4 is 38.2 Å². The first-order valence-electron chi connectivity index (χ1n) is 11.6. The minimum atomic E-state index is 0.112. The largest absolute Gasteiger partial charge is 0.436 e. The van der Waals surface area contributed by atoms with Crippen molar-refractivity contribution in [1.82, 2.24) is 4.98 Å². The number of hydrogen-bond donors (Lipinski definition) is 0. The zero-order valence-electron chi connectivity index (χ0n) is 18.7. The van der Waals surface area contributed by atoms with E-state index >= 15 is 0 Å². The number of rotatable bonds is 3. The number of hydrogen-bond acceptors (Lipinski definition) is 3. The van der Waals surface area contributed by atoms with Crippen LogP contribution < -0.4 is 10.6 Å². The van der Waals surface area contributed by atoms with E-state index < -0.39 is 0 Å². The van der Waals surface area contributed by atoms with E-state index in [0.29, 0.717) is 5.89 Å². The lowest BCUT2D eigenvalue weighted by atomic mass is 9.81. The number of aromatic nitrogens is 1. The Morgan fingerprint density at radius 2 is 1.54 bits per heavy atom. The number of nitrogens with zero attached hydrogens (tertiary/aromatic N) is 2. The molecule has 4 heteroatoms. The fraction of sp³-hybridized carbons (Fsp3) is 0.0323. The molecule has 0 spiro atoms. The van der Waals surface area contributed by atoms with E-state index in [0.717, 1.165) is 48.5 Å². The van der Waals surface area contributed by atoms with Crippen LogP contribution in [0.3, 0.4) is 0 Å². The number of allylic oxidation sites excluding steroid dienone is 4. The van der Waals surface area contributed by atoms with Crippen molar-refractivity contribution in [3.05, 3.63) is 141 Å². The smallest absolute Gasteiger partial charge is 0.227 e. The van der Waals surface area contributed by atoms with Crippen LogP contribution in [0.15, 0.2) is 129 Å². The molecule has 0 amide bonds. The predicted molar refractivity (Wildman–Crippen MR) is 143 cm³/mol. The van der Waals surface area contributed by atoms with E-state index in [9.17, 15) is 0 Å². The maximum atomic E-state index is 6.22. The first kappa shape index (κ1) is 20.4. The van der Waals surface area contributed by atoms with Crippen LogP contribution in [0.1, 0.15) is 17.0 Å². The lowest BCUT2D eigenvalue weighted by Crippen LogP contribution is -2.24. The molecule has 5 aromatic rings. The van der Waals surface area contributed by atoms with Crippen molar-refractivity contribution in [2.24, 2.45) is 4.99 Å². The van der Waals surface area contributed by atoms with Gasteiger partial charge in [-0.15, -0.1) is 0 Å². The molecule has 0 saturated carbocycles. The molecule has 2 aliphatic rings. The lowest BCUT2D eigenvalue weighted by Gasteiger charge is -2.23. The van der Waals surface area contributed by atoms with Gasteiger partial charge in [0, 0.05) is 26.7 Å². The van der Waals surface area contributed by atoms with Crippen LogP contribution in [0.25, 0.3) is 33.7 Å². The van der Waals surface area contributed by atoms with Gasteiger partial charge in [0.2, 0.25) is 5.89 Å². The van der Waals surface area contributed by atoms with E-state index in [1.54, 1.807) is 0 Å². The Labute approximate surface area is 210 Å². The first-order chi connectivity index (χ1) is 17.2. The molecule has 7 rings (SSSR count). The van der Waals surface area contributed by atoms with Gasteiger partial charge < -0.3 is 4.42 Å². The maximum Gasteiger partial charge on any atom is 0.227 e. The summed E-state index contributed by atoms with van der Waals surface area (Å²) in [5.41, 5.74) is 8.30. The summed E-state index contributed by atoms with van der Waals surface area (Å²) < 4.78 is 7.27. The highest BCUT2D eigenvalue weighted by atomic mass is 79.9. The first-order valence-corrected chi connectivity index (χ1v) is 12.4. The van der Waals surface area contributed by atoms with Gasteiger partial charge in [0.25, 0.3) is 0 Å². The fourth-order valence-electron chi connectivity index (χ4n) is 5.00. The SMILES string of the molecule is Brc1cccc(C2=C3N=c4cc5nc(-c6ccccc6)oc5cc4=C3C(c3ccccc3)C=C2)c1. The third-order valence-corrected chi connectivity index (χ3v) is 7.11. The molecule has 0 radical (unpaired) electrons. The van der Waals surface area contributed by atoms with Crippen LogP contribution in [0, 0.1) is 0 Å². The molecule has 0 saturated heterocycles. The van der Waals surface area contributed by atoms with E-state index in [4.69, 9.17) is 14.4 Å². The quantitative estimate of drug-likeness (QED) is 0.265. The summed E-state index contributed by atoms with van der Waals surface area (Å²) in [5.74, 6) is 0.740. The number of benzene rings is 4. The second-order valence-corrected chi connectivity index (χ2v) is 9.68. The molecule has 3 nitrogen and oxygen atoms in total. The predicted octanol–water partition coefficient (Wildman–Crippen LogP) is 6.81. The topological polar surface area (TPSA) is 38.4 Å². The molecule has 1 unspecified atom stereocenters. The minimum Gasteiger partial charge on any atom is -0.436 e. The average molecular weight is 515 g/mol. The summed E-state index contributed by atoms with van der Waals surface area (Å²) >= 11 is 3.62. The van der Waals surface area contributed by atoms with Crippen LogP contribution in [0.2, 0.25) is 0 Å². The van der Waals surface area contributed by atoms with Crippen LogP contribution in [-0.4, -0.2) is 4.98 Å². The van der Waals surface area contributed by atoms with E-state index in [-0.39, 0.29) is 5.92 Å². The Balaban J connectivity index is 1.49. The molecule has 1 aliphatic heterocycles. The van der Waals surface area contributed by atoms with Gasteiger partial charge in [-0.1, -0.05) is 88.7 Å². The zero-order valence-corrected chi connectivity index (χ0v) is 20.2. The van der Waals surface area contributed by atoms with Crippen LogP contribution in [0.4, 0.5) is 0 Å². The van der Waals surface area contributed by atoms with Crippen LogP contribution in [0.5, 0.6) is 0 Å². The van der Waals surface area contributed by atoms with E-state index in [2.05, 4.69) is 88.7 Å². The van der Waals surface area contributed by atoms with Crippen molar-refractivity contribution in [3.63, 3.8) is 0 Å². The molecule has 1 aliphatic carbocycles. The highest BCUT2D eigenvalue weighted by Gasteiger charge is 2.28. The molecule has 166 valence electrons. The van der Waals surface area contributed by atoms with Crippen LogP contribution >= 0.6 is 15.9 Å². The highest BCUT2D eigenvalue weighted by Crippen LogP contribution is 2.42. The van der Waals surface area contributed by atoms with Gasteiger partial charge in [-0.3, -0.25) is 0 Å². The lowest BCUT2D eigenvalue weighted by molar-refractivity contribution is 0.619. The van der Waals surface area contributed by atoms with Crippen molar-refractivity contribution in [3.8, 4) is 11.5 Å². The standard InChI is InChI=1S/C31H19BrN2O/c32-22-13-7-12-21(16-22)24-15-14-23(19-8-3-1-4-9-19)29-25-17-28-27(18-26(25)33-30(24)29)34-31(35-28)20-10-5-2-6-11-20/h1-18,23H. The van der Waals surface area contributed by atoms with Gasteiger partial charge in [0.05, 0.1) is 11.1 Å². The van der Waals surface area contributed by atoms with Gasteiger partial charge in [-0.05, 0) is 53.1 Å².